The van der Waals surface area contributed by atoms with E-state index in [1.54, 1.807) is 6.07 Å². The zero-order valence-corrected chi connectivity index (χ0v) is 15.4. The molecule has 1 saturated heterocycles. The zero-order valence-electron chi connectivity index (χ0n) is 13.7. The second kappa shape index (κ2) is 6.78. The maximum Gasteiger partial charge on any atom is 0.177 e. The van der Waals surface area contributed by atoms with Crippen molar-refractivity contribution in [1.29, 1.82) is 0 Å². The van der Waals surface area contributed by atoms with Crippen molar-refractivity contribution in [1.82, 2.24) is 5.32 Å². The van der Waals surface area contributed by atoms with Gasteiger partial charge < -0.3 is 10.2 Å². The van der Waals surface area contributed by atoms with E-state index in [0.717, 1.165) is 45.0 Å². The molecule has 0 saturated carbocycles. The molecule has 1 aromatic rings. The van der Waals surface area contributed by atoms with Crippen LogP contribution in [0.4, 0.5) is 5.69 Å². The molecular formula is C15H24N2O4S2. The minimum atomic E-state index is -3.54. The Hall–Kier alpha value is -1.12. The number of nitrogens with zero attached hydrogens (tertiary/aromatic N) is 1. The molecule has 1 aromatic carbocycles. The van der Waals surface area contributed by atoms with Crippen molar-refractivity contribution in [3.05, 3.63) is 18.2 Å². The molecule has 8 heteroatoms. The molecule has 1 aliphatic rings. The van der Waals surface area contributed by atoms with Crippen LogP contribution in [0.5, 0.6) is 0 Å². The Bertz CT molecular complexity index is 767. The van der Waals surface area contributed by atoms with Crippen molar-refractivity contribution in [3.63, 3.8) is 0 Å². The first-order valence-corrected chi connectivity index (χ1v) is 11.4. The van der Waals surface area contributed by atoms with Crippen LogP contribution in [0.1, 0.15) is 19.8 Å². The van der Waals surface area contributed by atoms with E-state index in [1.165, 1.54) is 12.1 Å². The maximum atomic E-state index is 12.2. The fourth-order valence-electron chi connectivity index (χ4n) is 2.91. The normalized spacial score (nSPS) is 19.0. The topological polar surface area (TPSA) is 83.6 Å². The van der Waals surface area contributed by atoms with Gasteiger partial charge in [0, 0.05) is 31.6 Å². The molecule has 23 heavy (non-hydrogen) atoms. The molecule has 0 aromatic heterocycles. The first-order valence-electron chi connectivity index (χ1n) is 7.66. The van der Waals surface area contributed by atoms with Gasteiger partial charge in [-0.2, -0.15) is 0 Å². The molecular weight excluding hydrogens is 336 g/mol. The van der Waals surface area contributed by atoms with E-state index in [0.29, 0.717) is 5.69 Å². The minimum Gasteiger partial charge on any atom is -0.366 e. The standard InChI is InChI=1S/C15H24N2O4S2/c1-4-9-17(12-7-8-16-11-12)14-6-5-13(22(2,18)19)10-15(14)23(3,20)21/h5-6,10,12,16H,4,7-9,11H2,1-3H3. The van der Waals surface area contributed by atoms with E-state index in [2.05, 4.69) is 10.2 Å². The van der Waals surface area contributed by atoms with Crippen LogP contribution in [0.15, 0.2) is 28.0 Å². The first kappa shape index (κ1) is 18.2. The third kappa shape index (κ3) is 4.24. The fourth-order valence-corrected chi connectivity index (χ4v) is 4.53. The molecule has 1 aliphatic heterocycles. The second-order valence-electron chi connectivity index (χ2n) is 6.01. The lowest BCUT2D eigenvalue weighted by Crippen LogP contribution is -2.38. The Morgan fingerprint density at radius 3 is 2.35 bits per heavy atom. The van der Waals surface area contributed by atoms with Gasteiger partial charge in [-0.3, -0.25) is 0 Å². The van der Waals surface area contributed by atoms with Gasteiger partial charge in [0.2, 0.25) is 0 Å². The molecule has 0 amide bonds. The van der Waals surface area contributed by atoms with E-state index < -0.39 is 19.7 Å². The van der Waals surface area contributed by atoms with Gasteiger partial charge in [0.1, 0.15) is 0 Å². The van der Waals surface area contributed by atoms with Gasteiger partial charge in [-0.25, -0.2) is 16.8 Å². The molecule has 1 fully saturated rings. The van der Waals surface area contributed by atoms with Crippen LogP contribution in [0, 0.1) is 0 Å². The van der Waals surface area contributed by atoms with Crippen LogP contribution >= 0.6 is 0 Å². The predicted octanol–water partition coefficient (Wildman–Crippen LogP) is 1.07. The van der Waals surface area contributed by atoms with Crippen molar-refractivity contribution < 1.29 is 16.8 Å². The average Bonchev–Trinajstić information content (AvgIpc) is 2.96. The van der Waals surface area contributed by atoms with Gasteiger partial charge in [-0.15, -0.1) is 0 Å². The van der Waals surface area contributed by atoms with Crippen LogP contribution in [0.3, 0.4) is 0 Å². The van der Waals surface area contributed by atoms with Gasteiger partial charge in [0.25, 0.3) is 0 Å². The van der Waals surface area contributed by atoms with Crippen LogP contribution in [-0.2, 0) is 19.7 Å². The van der Waals surface area contributed by atoms with Gasteiger partial charge >= 0.3 is 0 Å². The van der Waals surface area contributed by atoms with Crippen molar-refractivity contribution in [3.8, 4) is 0 Å². The second-order valence-corrected chi connectivity index (χ2v) is 10.0. The summed E-state index contributed by atoms with van der Waals surface area (Å²) in [4.78, 5) is 2.20. The lowest BCUT2D eigenvalue weighted by Gasteiger charge is -2.32. The number of sulfone groups is 2. The summed E-state index contributed by atoms with van der Waals surface area (Å²) in [6, 6.07) is 4.62. The van der Waals surface area contributed by atoms with Gasteiger partial charge in [-0.1, -0.05) is 6.92 Å². The van der Waals surface area contributed by atoms with Crippen molar-refractivity contribution in [2.24, 2.45) is 0 Å². The highest BCUT2D eigenvalue weighted by Crippen LogP contribution is 2.31. The Kier molecular flexibility index (Phi) is 5.37. The molecule has 1 unspecified atom stereocenters. The molecule has 1 N–H and O–H groups in total. The van der Waals surface area contributed by atoms with Gasteiger partial charge in [0.15, 0.2) is 19.7 Å². The molecule has 1 heterocycles. The molecule has 0 bridgehead atoms. The minimum absolute atomic E-state index is 0.0303. The summed E-state index contributed by atoms with van der Waals surface area (Å²) in [5, 5.41) is 3.29. The van der Waals surface area contributed by atoms with Crippen LogP contribution < -0.4 is 10.2 Å². The number of hydrogen-bond donors (Lipinski definition) is 1. The molecule has 6 nitrogen and oxygen atoms in total. The predicted molar refractivity (Wildman–Crippen MR) is 91.6 cm³/mol. The highest BCUT2D eigenvalue weighted by Gasteiger charge is 2.27. The fraction of sp³-hybridized carbons (Fsp3) is 0.600. The summed E-state index contributed by atoms with van der Waals surface area (Å²) in [6.07, 6.45) is 4.03. The molecule has 0 spiro atoms. The van der Waals surface area contributed by atoms with Crippen molar-refractivity contribution >= 4 is 25.4 Å². The van der Waals surface area contributed by atoms with E-state index in [1.807, 2.05) is 6.92 Å². The Balaban J connectivity index is 2.59. The summed E-state index contributed by atoms with van der Waals surface area (Å²) < 4.78 is 48.0. The number of nitrogens with one attached hydrogen (secondary N) is 1. The zero-order chi connectivity index (χ0) is 17.3. The lowest BCUT2D eigenvalue weighted by atomic mass is 10.1. The number of hydrogen-bond acceptors (Lipinski definition) is 6. The smallest absolute Gasteiger partial charge is 0.177 e. The highest BCUT2D eigenvalue weighted by atomic mass is 32.2. The average molecular weight is 361 g/mol. The number of benzene rings is 1. The molecule has 0 aliphatic carbocycles. The largest absolute Gasteiger partial charge is 0.366 e. The number of rotatable bonds is 6. The van der Waals surface area contributed by atoms with E-state index in [-0.39, 0.29) is 15.8 Å². The first-order chi connectivity index (χ1) is 10.6. The third-order valence-electron chi connectivity index (χ3n) is 4.01. The van der Waals surface area contributed by atoms with Crippen LogP contribution in [-0.4, -0.2) is 55.0 Å². The van der Waals surface area contributed by atoms with Gasteiger partial charge in [-0.05, 0) is 37.6 Å². The summed E-state index contributed by atoms with van der Waals surface area (Å²) in [5.41, 5.74) is 0.593. The van der Waals surface area contributed by atoms with E-state index in [4.69, 9.17) is 0 Å². The molecule has 0 radical (unpaired) electrons. The van der Waals surface area contributed by atoms with Crippen molar-refractivity contribution in [2.45, 2.75) is 35.6 Å². The number of anilines is 1. The monoisotopic (exact) mass is 360 g/mol. The van der Waals surface area contributed by atoms with Crippen molar-refractivity contribution in [2.75, 3.05) is 37.0 Å². The molecule has 2 rings (SSSR count). The summed E-state index contributed by atoms with van der Waals surface area (Å²) >= 11 is 0. The SMILES string of the molecule is CCCN(c1ccc(S(C)(=O)=O)cc1S(C)(=O)=O)C1CCNC1. The van der Waals surface area contributed by atoms with Crippen LogP contribution in [0.25, 0.3) is 0 Å². The summed E-state index contributed by atoms with van der Waals surface area (Å²) in [7, 11) is -6.99. The maximum absolute atomic E-state index is 12.2. The summed E-state index contributed by atoms with van der Waals surface area (Å²) in [5.74, 6) is 0. The summed E-state index contributed by atoms with van der Waals surface area (Å²) in [6.45, 7) is 4.48. The highest BCUT2D eigenvalue weighted by molar-refractivity contribution is 7.91. The van der Waals surface area contributed by atoms with E-state index >= 15 is 0 Å². The molecule has 1 atom stereocenters. The Morgan fingerprint density at radius 1 is 1.17 bits per heavy atom. The van der Waals surface area contributed by atoms with E-state index in [9.17, 15) is 16.8 Å². The Labute approximate surface area is 138 Å². The van der Waals surface area contributed by atoms with Crippen LogP contribution in [0.2, 0.25) is 0 Å². The lowest BCUT2D eigenvalue weighted by molar-refractivity contribution is 0.594. The third-order valence-corrected chi connectivity index (χ3v) is 6.24. The quantitative estimate of drug-likeness (QED) is 0.817. The Morgan fingerprint density at radius 2 is 1.87 bits per heavy atom. The molecule has 130 valence electrons. The van der Waals surface area contributed by atoms with Gasteiger partial charge in [0.05, 0.1) is 15.5 Å².